The zero-order valence-electron chi connectivity index (χ0n) is 17.9. The van der Waals surface area contributed by atoms with Crippen LogP contribution in [0.5, 0.6) is 0 Å². The van der Waals surface area contributed by atoms with Crippen molar-refractivity contribution in [3.8, 4) is 5.69 Å². The van der Waals surface area contributed by atoms with Gasteiger partial charge in [0.15, 0.2) is 0 Å². The summed E-state index contributed by atoms with van der Waals surface area (Å²) in [6.45, 7) is 7.67. The molecule has 0 saturated heterocycles. The number of aromatic nitrogens is 2. The summed E-state index contributed by atoms with van der Waals surface area (Å²) in [6, 6.07) is 13.9. The van der Waals surface area contributed by atoms with Gasteiger partial charge in [-0.1, -0.05) is 43.7 Å². The third-order valence-corrected chi connectivity index (χ3v) is 6.26. The van der Waals surface area contributed by atoms with Crippen LogP contribution in [-0.2, 0) is 15.8 Å². The van der Waals surface area contributed by atoms with E-state index in [1.165, 1.54) is 6.08 Å². The summed E-state index contributed by atoms with van der Waals surface area (Å²) in [5.41, 5.74) is 3.23. The van der Waals surface area contributed by atoms with Gasteiger partial charge in [-0.2, -0.15) is 5.10 Å². The highest BCUT2D eigenvalue weighted by atomic mass is 35.5. The topological polar surface area (TPSA) is 93.1 Å². The fourth-order valence-electron chi connectivity index (χ4n) is 3.22. The summed E-state index contributed by atoms with van der Waals surface area (Å²) in [4.78, 5) is 13.0. The average Bonchev–Trinajstić information content (AvgIpc) is 3.20. The summed E-state index contributed by atoms with van der Waals surface area (Å²) >= 11 is 5.98. The van der Waals surface area contributed by atoms with E-state index in [2.05, 4.69) is 21.7 Å². The first-order valence-electron chi connectivity index (χ1n) is 10.0. The van der Waals surface area contributed by atoms with Crippen LogP contribution in [0.4, 0.5) is 5.69 Å². The molecule has 0 aliphatic carbocycles. The van der Waals surface area contributed by atoms with Crippen molar-refractivity contribution in [2.24, 2.45) is 0 Å². The summed E-state index contributed by atoms with van der Waals surface area (Å²) in [5, 5.41) is 7.89. The van der Waals surface area contributed by atoms with Crippen LogP contribution >= 0.6 is 11.6 Å². The number of carbonyl (C=O) groups excluding carboxylic acids is 1. The fourth-order valence-corrected chi connectivity index (χ4v) is 4.45. The molecule has 0 aliphatic rings. The molecular formula is C23H25ClN4O3S. The number of nitrogens with zero attached hydrogens (tertiary/aromatic N) is 2. The Balaban J connectivity index is 1.77. The third kappa shape index (κ3) is 5.85. The normalized spacial score (nSPS) is 11.5. The van der Waals surface area contributed by atoms with Crippen molar-refractivity contribution >= 4 is 33.2 Å². The molecule has 0 aliphatic heterocycles. The van der Waals surface area contributed by atoms with E-state index in [0.29, 0.717) is 21.8 Å². The first kappa shape index (κ1) is 23.7. The second-order valence-corrected chi connectivity index (χ2v) is 9.78. The van der Waals surface area contributed by atoms with Crippen LogP contribution in [-0.4, -0.2) is 30.7 Å². The van der Waals surface area contributed by atoms with Gasteiger partial charge in [0.2, 0.25) is 10.0 Å². The maximum Gasteiger partial charge on any atom is 0.259 e. The SMILES string of the molecule is C=CCNS(=O)(=O)Cc1ccc(NC(=O)c2cnn(-c3ccc(Cl)cc3)c2C(C)C)cc1. The molecule has 168 valence electrons. The number of sulfonamides is 1. The van der Waals surface area contributed by atoms with E-state index in [1.54, 1.807) is 47.3 Å². The molecule has 9 heteroatoms. The highest BCUT2D eigenvalue weighted by Crippen LogP contribution is 2.25. The maximum atomic E-state index is 13.0. The number of benzene rings is 2. The van der Waals surface area contributed by atoms with Crippen molar-refractivity contribution < 1.29 is 13.2 Å². The Labute approximate surface area is 193 Å². The lowest BCUT2D eigenvalue weighted by Gasteiger charge is -2.13. The van der Waals surface area contributed by atoms with Crippen LogP contribution in [0.3, 0.4) is 0 Å². The van der Waals surface area contributed by atoms with Gasteiger partial charge in [-0.05, 0) is 47.9 Å². The van der Waals surface area contributed by atoms with E-state index in [0.717, 1.165) is 11.4 Å². The molecule has 2 N–H and O–H groups in total. The number of hydrogen-bond donors (Lipinski definition) is 2. The first-order chi connectivity index (χ1) is 15.2. The minimum absolute atomic E-state index is 0.0459. The Bertz CT molecular complexity index is 1200. The Hall–Kier alpha value is -2.94. The van der Waals surface area contributed by atoms with Gasteiger partial charge in [0.25, 0.3) is 5.91 Å². The number of hydrogen-bond acceptors (Lipinski definition) is 4. The zero-order valence-corrected chi connectivity index (χ0v) is 19.4. The Morgan fingerprint density at radius 1 is 1.16 bits per heavy atom. The molecule has 0 fully saturated rings. The van der Waals surface area contributed by atoms with Crippen LogP contribution in [0.25, 0.3) is 5.69 Å². The number of rotatable bonds is 9. The number of carbonyl (C=O) groups is 1. The molecule has 7 nitrogen and oxygen atoms in total. The third-order valence-electron chi connectivity index (χ3n) is 4.69. The lowest BCUT2D eigenvalue weighted by Crippen LogP contribution is -2.25. The van der Waals surface area contributed by atoms with E-state index >= 15 is 0 Å². The van der Waals surface area contributed by atoms with Gasteiger partial charge >= 0.3 is 0 Å². The van der Waals surface area contributed by atoms with E-state index in [4.69, 9.17) is 11.6 Å². The van der Waals surface area contributed by atoms with Crippen LogP contribution in [0, 0.1) is 0 Å². The molecule has 0 spiro atoms. The van der Waals surface area contributed by atoms with Crippen LogP contribution in [0.15, 0.2) is 67.4 Å². The molecule has 0 atom stereocenters. The highest BCUT2D eigenvalue weighted by Gasteiger charge is 2.21. The predicted molar refractivity (Wildman–Crippen MR) is 128 cm³/mol. The summed E-state index contributed by atoms with van der Waals surface area (Å²) in [7, 11) is -3.45. The molecule has 2 aromatic carbocycles. The number of nitrogens with one attached hydrogen (secondary N) is 2. The van der Waals surface area contributed by atoms with Crippen LogP contribution in [0.1, 0.15) is 41.4 Å². The van der Waals surface area contributed by atoms with Crippen molar-refractivity contribution in [1.29, 1.82) is 0 Å². The molecule has 1 heterocycles. The molecule has 0 radical (unpaired) electrons. The van der Waals surface area contributed by atoms with Gasteiger partial charge in [-0.3, -0.25) is 4.79 Å². The zero-order chi connectivity index (χ0) is 23.3. The van der Waals surface area contributed by atoms with Crippen molar-refractivity contribution in [3.63, 3.8) is 0 Å². The molecule has 1 amide bonds. The monoisotopic (exact) mass is 472 g/mol. The fraction of sp³-hybridized carbons (Fsp3) is 0.217. The van der Waals surface area contributed by atoms with Crippen LogP contribution < -0.4 is 10.0 Å². The predicted octanol–water partition coefficient (Wildman–Crippen LogP) is 4.51. The summed E-state index contributed by atoms with van der Waals surface area (Å²) in [6.07, 6.45) is 3.03. The van der Waals surface area contributed by atoms with E-state index in [1.807, 2.05) is 26.0 Å². The quantitative estimate of drug-likeness (QED) is 0.448. The second kappa shape index (κ2) is 10.1. The average molecular weight is 473 g/mol. The number of anilines is 1. The van der Waals surface area contributed by atoms with Crippen molar-refractivity contribution in [3.05, 3.63) is 89.2 Å². The lowest BCUT2D eigenvalue weighted by atomic mass is 10.0. The lowest BCUT2D eigenvalue weighted by molar-refractivity contribution is 0.102. The van der Waals surface area contributed by atoms with Crippen molar-refractivity contribution in [1.82, 2.24) is 14.5 Å². The van der Waals surface area contributed by atoms with Crippen molar-refractivity contribution in [2.45, 2.75) is 25.5 Å². The molecule has 3 rings (SSSR count). The van der Waals surface area contributed by atoms with Gasteiger partial charge in [-0.15, -0.1) is 6.58 Å². The minimum Gasteiger partial charge on any atom is -0.322 e. The summed E-state index contributed by atoms with van der Waals surface area (Å²) in [5.74, 6) is -0.396. The van der Waals surface area contributed by atoms with Gasteiger partial charge in [0.05, 0.1) is 28.9 Å². The smallest absolute Gasteiger partial charge is 0.259 e. The molecule has 1 aromatic heterocycles. The van der Waals surface area contributed by atoms with E-state index in [9.17, 15) is 13.2 Å². The largest absolute Gasteiger partial charge is 0.322 e. The Morgan fingerprint density at radius 2 is 1.81 bits per heavy atom. The minimum atomic E-state index is -3.45. The molecule has 32 heavy (non-hydrogen) atoms. The van der Waals surface area contributed by atoms with Crippen LogP contribution in [0.2, 0.25) is 5.02 Å². The number of amides is 1. The standard InChI is InChI=1S/C23H25ClN4O3S/c1-4-13-26-32(30,31)15-17-5-9-19(10-6-17)27-23(29)21-14-25-28(22(21)16(2)3)20-11-7-18(24)8-12-20/h4-12,14,16,26H,1,13,15H2,2-3H3,(H,27,29). The van der Waals surface area contributed by atoms with Gasteiger partial charge in [-0.25, -0.2) is 17.8 Å². The van der Waals surface area contributed by atoms with E-state index < -0.39 is 10.0 Å². The molecule has 3 aromatic rings. The molecule has 0 bridgehead atoms. The summed E-state index contributed by atoms with van der Waals surface area (Å²) < 4.78 is 28.2. The first-order valence-corrected chi connectivity index (χ1v) is 12.1. The molecular weight excluding hydrogens is 448 g/mol. The maximum absolute atomic E-state index is 13.0. The highest BCUT2D eigenvalue weighted by molar-refractivity contribution is 7.88. The second-order valence-electron chi connectivity index (χ2n) is 7.53. The van der Waals surface area contributed by atoms with Gasteiger partial charge < -0.3 is 5.32 Å². The number of halogens is 1. The van der Waals surface area contributed by atoms with Gasteiger partial charge in [0, 0.05) is 17.3 Å². The Kier molecular flexibility index (Phi) is 7.50. The van der Waals surface area contributed by atoms with Crippen molar-refractivity contribution in [2.75, 3.05) is 11.9 Å². The molecule has 0 unspecified atom stereocenters. The molecule has 0 saturated carbocycles. The Morgan fingerprint density at radius 3 is 2.41 bits per heavy atom. The van der Waals surface area contributed by atoms with Gasteiger partial charge in [0.1, 0.15) is 0 Å². The van der Waals surface area contributed by atoms with E-state index in [-0.39, 0.29) is 24.1 Å².